The van der Waals surface area contributed by atoms with Crippen molar-refractivity contribution in [3.05, 3.63) is 55.2 Å². The minimum absolute atomic E-state index is 0.217. The number of hydrogen-bond acceptors (Lipinski definition) is 2. The maximum atomic E-state index is 14.2. The van der Waals surface area contributed by atoms with Crippen molar-refractivity contribution in [3.8, 4) is 0 Å². The summed E-state index contributed by atoms with van der Waals surface area (Å²) in [7, 11) is 0. The molecule has 1 nitrogen and oxygen atoms in total. The fourth-order valence-corrected chi connectivity index (χ4v) is 3.50. The molecule has 1 N–H and O–H groups in total. The molecular weight excluding hydrogens is 335 g/mol. The third kappa shape index (κ3) is 3.75. The largest absolute Gasteiger partial charge is 0.306 e. The smallest absolute Gasteiger partial charge is 0.142 e. The van der Waals surface area contributed by atoms with Crippen LogP contribution in [0.25, 0.3) is 0 Å². The third-order valence-electron chi connectivity index (χ3n) is 3.11. The Morgan fingerprint density at radius 1 is 1.19 bits per heavy atom. The molecule has 0 amide bonds. The summed E-state index contributed by atoms with van der Waals surface area (Å²) in [5, 5.41) is 3.02. The molecule has 1 aromatic carbocycles. The average Bonchev–Trinajstić information content (AvgIpc) is 2.75. The first-order valence-corrected chi connectivity index (χ1v) is 8.15. The zero-order valence-corrected chi connectivity index (χ0v) is 14.0. The minimum Gasteiger partial charge on any atom is -0.306 e. The van der Waals surface area contributed by atoms with Crippen molar-refractivity contribution in [2.75, 3.05) is 6.54 Å². The molecule has 0 saturated carbocycles. The molecule has 1 atom stereocenters. The highest BCUT2D eigenvalue weighted by molar-refractivity contribution is 7.16. The summed E-state index contributed by atoms with van der Waals surface area (Å²) >= 11 is 13.1. The standard InChI is InChI=1S/C15H15Cl2F2NS/c1-3-4-20-14(13-5-8(2)15(17)21-13)9-6-12(19)10(16)7-11(9)18/h5-7,14,20H,3-4H2,1-2H3. The van der Waals surface area contributed by atoms with Crippen LogP contribution in [0.15, 0.2) is 18.2 Å². The lowest BCUT2D eigenvalue weighted by Crippen LogP contribution is -2.23. The van der Waals surface area contributed by atoms with Gasteiger partial charge in [-0.15, -0.1) is 11.3 Å². The summed E-state index contributed by atoms with van der Waals surface area (Å²) in [6.45, 7) is 4.58. The molecule has 0 radical (unpaired) electrons. The number of nitrogens with one attached hydrogen (secondary N) is 1. The summed E-state index contributed by atoms with van der Waals surface area (Å²) in [6, 6.07) is 3.61. The van der Waals surface area contributed by atoms with Gasteiger partial charge in [-0.3, -0.25) is 0 Å². The molecular formula is C15H15Cl2F2NS. The van der Waals surface area contributed by atoms with Gasteiger partial charge in [-0.05, 0) is 43.7 Å². The second-order valence-electron chi connectivity index (χ2n) is 4.78. The lowest BCUT2D eigenvalue weighted by atomic mass is 10.0. The molecule has 0 bridgehead atoms. The van der Waals surface area contributed by atoms with Gasteiger partial charge in [0.05, 0.1) is 15.4 Å². The van der Waals surface area contributed by atoms with Crippen LogP contribution in [0.1, 0.15) is 35.4 Å². The van der Waals surface area contributed by atoms with E-state index in [0.29, 0.717) is 10.9 Å². The van der Waals surface area contributed by atoms with Crippen molar-refractivity contribution >= 4 is 34.5 Å². The monoisotopic (exact) mass is 349 g/mol. The van der Waals surface area contributed by atoms with Crippen LogP contribution in [0, 0.1) is 18.6 Å². The Hall–Kier alpha value is -0.680. The Labute approximate surface area is 136 Å². The molecule has 1 heterocycles. The van der Waals surface area contributed by atoms with Crippen molar-refractivity contribution in [1.29, 1.82) is 0 Å². The lowest BCUT2D eigenvalue weighted by Gasteiger charge is -2.18. The number of thiophene rings is 1. The Balaban J connectivity index is 2.47. The van der Waals surface area contributed by atoms with Gasteiger partial charge in [0, 0.05) is 10.4 Å². The van der Waals surface area contributed by atoms with Gasteiger partial charge in [-0.1, -0.05) is 30.1 Å². The highest BCUT2D eigenvalue weighted by atomic mass is 35.5. The Morgan fingerprint density at radius 3 is 2.48 bits per heavy atom. The summed E-state index contributed by atoms with van der Waals surface area (Å²) in [6.07, 6.45) is 0.881. The predicted molar refractivity (Wildman–Crippen MR) is 85.6 cm³/mol. The van der Waals surface area contributed by atoms with E-state index in [4.69, 9.17) is 23.2 Å². The summed E-state index contributed by atoms with van der Waals surface area (Å²) in [5.74, 6) is -1.16. The van der Waals surface area contributed by atoms with E-state index in [9.17, 15) is 8.78 Å². The molecule has 0 spiro atoms. The van der Waals surface area contributed by atoms with Crippen LogP contribution in [-0.2, 0) is 0 Å². The van der Waals surface area contributed by atoms with Gasteiger partial charge < -0.3 is 5.32 Å². The second kappa shape index (κ2) is 7.05. The summed E-state index contributed by atoms with van der Waals surface area (Å²) < 4.78 is 28.5. The van der Waals surface area contributed by atoms with Crippen LogP contribution in [0.3, 0.4) is 0 Å². The van der Waals surface area contributed by atoms with Gasteiger partial charge in [0.25, 0.3) is 0 Å². The van der Waals surface area contributed by atoms with Gasteiger partial charge in [0.15, 0.2) is 0 Å². The van der Waals surface area contributed by atoms with Crippen LogP contribution in [-0.4, -0.2) is 6.54 Å². The molecule has 0 fully saturated rings. The number of benzene rings is 1. The van der Waals surface area contributed by atoms with Crippen LogP contribution in [0.5, 0.6) is 0 Å². The second-order valence-corrected chi connectivity index (χ2v) is 6.87. The topological polar surface area (TPSA) is 12.0 Å². The van der Waals surface area contributed by atoms with Crippen molar-refractivity contribution in [1.82, 2.24) is 5.32 Å². The van der Waals surface area contributed by atoms with Crippen LogP contribution in [0.4, 0.5) is 8.78 Å². The minimum atomic E-state index is -0.629. The zero-order valence-electron chi connectivity index (χ0n) is 11.6. The molecule has 0 aliphatic carbocycles. The van der Waals surface area contributed by atoms with Crippen LogP contribution >= 0.6 is 34.5 Å². The predicted octanol–water partition coefficient (Wildman–Crippen LogP) is 5.73. The number of rotatable bonds is 5. The van der Waals surface area contributed by atoms with Crippen molar-refractivity contribution in [3.63, 3.8) is 0 Å². The molecule has 1 unspecified atom stereocenters. The van der Waals surface area contributed by atoms with E-state index in [1.807, 2.05) is 19.9 Å². The van der Waals surface area contributed by atoms with Crippen molar-refractivity contribution in [2.24, 2.45) is 0 Å². The molecule has 2 aromatic rings. The maximum absolute atomic E-state index is 14.2. The van der Waals surface area contributed by atoms with Gasteiger partial charge in [0.2, 0.25) is 0 Å². The van der Waals surface area contributed by atoms with E-state index in [1.54, 1.807) is 0 Å². The molecule has 114 valence electrons. The first kappa shape index (κ1) is 16.7. The number of halogens is 4. The highest BCUT2D eigenvalue weighted by Gasteiger charge is 2.22. The van der Waals surface area contributed by atoms with Crippen molar-refractivity contribution in [2.45, 2.75) is 26.3 Å². The molecule has 0 aliphatic rings. The highest BCUT2D eigenvalue weighted by Crippen LogP contribution is 2.36. The Morgan fingerprint density at radius 2 is 1.90 bits per heavy atom. The van der Waals surface area contributed by atoms with E-state index in [2.05, 4.69) is 5.32 Å². The first-order chi connectivity index (χ1) is 9.93. The van der Waals surface area contributed by atoms with Gasteiger partial charge in [0.1, 0.15) is 11.6 Å². The van der Waals surface area contributed by atoms with E-state index in [1.165, 1.54) is 11.3 Å². The molecule has 0 saturated heterocycles. The summed E-state index contributed by atoms with van der Waals surface area (Å²) in [5.41, 5.74) is 1.16. The quantitative estimate of drug-likeness (QED) is 0.679. The van der Waals surface area contributed by atoms with Gasteiger partial charge in [-0.2, -0.15) is 0 Å². The van der Waals surface area contributed by atoms with Gasteiger partial charge in [-0.25, -0.2) is 8.78 Å². The third-order valence-corrected chi connectivity index (χ3v) is 5.02. The van der Waals surface area contributed by atoms with Crippen molar-refractivity contribution < 1.29 is 8.78 Å². The SMILES string of the molecule is CCCNC(c1cc(C)c(Cl)s1)c1cc(F)c(Cl)cc1F. The Kier molecular flexibility index (Phi) is 5.60. The number of aryl methyl sites for hydroxylation is 1. The molecule has 1 aromatic heterocycles. The summed E-state index contributed by atoms with van der Waals surface area (Å²) in [4.78, 5) is 0.853. The van der Waals surface area contributed by atoms with Crippen LogP contribution < -0.4 is 5.32 Å². The fraction of sp³-hybridized carbons (Fsp3) is 0.333. The number of hydrogen-bond donors (Lipinski definition) is 1. The van der Waals surface area contributed by atoms with E-state index in [-0.39, 0.29) is 10.6 Å². The molecule has 21 heavy (non-hydrogen) atoms. The normalized spacial score (nSPS) is 12.7. The first-order valence-electron chi connectivity index (χ1n) is 6.57. The Bertz CT molecular complexity index is 623. The molecule has 0 aliphatic heterocycles. The van der Waals surface area contributed by atoms with Crippen LogP contribution in [0.2, 0.25) is 9.36 Å². The van der Waals surface area contributed by atoms with E-state index in [0.717, 1.165) is 29.0 Å². The molecule has 6 heteroatoms. The van der Waals surface area contributed by atoms with E-state index >= 15 is 0 Å². The van der Waals surface area contributed by atoms with E-state index < -0.39 is 17.7 Å². The zero-order chi connectivity index (χ0) is 15.6. The average molecular weight is 350 g/mol. The lowest BCUT2D eigenvalue weighted by molar-refractivity contribution is 0.539. The van der Waals surface area contributed by atoms with Gasteiger partial charge >= 0.3 is 0 Å². The molecule has 2 rings (SSSR count). The fourth-order valence-electron chi connectivity index (χ4n) is 2.04. The maximum Gasteiger partial charge on any atom is 0.142 e.